The number of ether oxygens (including phenoxy) is 1. The van der Waals surface area contributed by atoms with Gasteiger partial charge in [0.05, 0.1) is 18.7 Å². The molecule has 4 rings (SSSR count). The minimum atomic E-state index is -0.857. The van der Waals surface area contributed by atoms with Crippen molar-refractivity contribution in [3.05, 3.63) is 93.6 Å². The summed E-state index contributed by atoms with van der Waals surface area (Å²) >= 11 is 0. The Morgan fingerprint density at radius 3 is 2.15 bits per heavy atom. The molecule has 1 amide bonds. The Kier molecular flexibility index (Phi) is 5.92. The fourth-order valence-electron chi connectivity index (χ4n) is 4.36. The van der Waals surface area contributed by atoms with Crippen LogP contribution in [0.1, 0.15) is 39.4 Å². The molecule has 0 aromatic heterocycles. The van der Waals surface area contributed by atoms with E-state index in [4.69, 9.17) is 4.74 Å². The van der Waals surface area contributed by atoms with Crippen LogP contribution in [-0.4, -0.2) is 29.0 Å². The molecule has 0 aliphatic carbocycles. The van der Waals surface area contributed by atoms with Crippen molar-refractivity contribution in [2.24, 2.45) is 0 Å². The molecule has 1 fully saturated rings. The normalized spacial score (nSPS) is 17.3. The van der Waals surface area contributed by atoms with Gasteiger partial charge in [-0.2, -0.15) is 0 Å². The fraction of sp³-hybridized carbons (Fsp3) is 0.214. The van der Waals surface area contributed by atoms with E-state index in [1.165, 1.54) is 17.0 Å². The van der Waals surface area contributed by atoms with Gasteiger partial charge in [-0.15, -0.1) is 0 Å². The first-order chi connectivity index (χ1) is 16.1. The van der Waals surface area contributed by atoms with Crippen molar-refractivity contribution in [2.45, 2.75) is 33.7 Å². The number of hydrogen-bond donors (Lipinski definition) is 2. The zero-order valence-electron chi connectivity index (χ0n) is 19.8. The minimum Gasteiger partial charge on any atom is -0.508 e. The third kappa shape index (κ3) is 3.81. The number of benzene rings is 3. The quantitative estimate of drug-likeness (QED) is 0.317. The number of phenols is 1. The molecule has 0 bridgehead atoms. The van der Waals surface area contributed by atoms with Crippen molar-refractivity contribution in [1.29, 1.82) is 0 Å². The summed E-state index contributed by atoms with van der Waals surface area (Å²) in [7, 11) is 1.57. The van der Waals surface area contributed by atoms with Gasteiger partial charge in [-0.1, -0.05) is 18.2 Å². The van der Waals surface area contributed by atoms with E-state index in [9.17, 15) is 19.8 Å². The second-order valence-corrected chi connectivity index (χ2v) is 8.67. The molecule has 0 radical (unpaired) electrons. The number of rotatable bonds is 4. The van der Waals surface area contributed by atoms with E-state index in [1.807, 2.05) is 39.8 Å². The minimum absolute atomic E-state index is 0.00147. The standard InChI is InChI=1S/C28H27NO5/c1-15-6-9-20(12-16(15)2)29-25(19-7-10-21(30)11-8-19)24(27(32)28(29)33)26(31)22-13-18(4)23(34-5)14-17(22)3/h6-14,25,30-31H,1-5H3/b26-24+. The lowest BCUT2D eigenvalue weighted by atomic mass is 9.93. The van der Waals surface area contributed by atoms with Crippen LogP contribution < -0.4 is 9.64 Å². The lowest BCUT2D eigenvalue weighted by Crippen LogP contribution is -2.29. The van der Waals surface area contributed by atoms with Crippen LogP contribution in [0, 0.1) is 27.7 Å². The average molecular weight is 458 g/mol. The molecule has 2 N–H and O–H groups in total. The monoisotopic (exact) mass is 457 g/mol. The van der Waals surface area contributed by atoms with Gasteiger partial charge in [0.15, 0.2) is 0 Å². The van der Waals surface area contributed by atoms with Gasteiger partial charge in [-0.3, -0.25) is 14.5 Å². The Morgan fingerprint density at radius 2 is 1.53 bits per heavy atom. The highest BCUT2D eigenvalue weighted by molar-refractivity contribution is 6.51. The zero-order valence-corrected chi connectivity index (χ0v) is 19.8. The highest BCUT2D eigenvalue weighted by Crippen LogP contribution is 2.43. The van der Waals surface area contributed by atoms with E-state index in [0.717, 1.165) is 16.7 Å². The molecule has 174 valence electrons. The van der Waals surface area contributed by atoms with Gasteiger partial charge in [0, 0.05) is 11.3 Å². The molecule has 1 aliphatic rings. The number of ketones is 1. The van der Waals surface area contributed by atoms with Crippen molar-refractivity contribution >= 4 is 23.1 Å². The number of hydrogen-bond acceptors (Lipinski definition) is 5. The number of aliphatic hydroxyl groups is 1. The summed E-state index contributed by atoms with van der Waals surface area (Å²) in [5.74, 6) is -0.994. The maximum Gasteiger partial charge on any atom is 0.300 e. The van der Waals surface area contributed by atoms with Crippen molar-refractivity contribution in [3.8, 4) is 11.5 Å². The Hall–Kier alpha value is -4.06. The molecule has 6 heteroatoms. The van der Waals surface area contributed by atoms with Crippen molar-refractivity contribution in [2.75, 3.05) is 12.0 Å². The number of methoxy groups -OCH3 is 1. The molecular formula is C28H27NO5. The molecular weight excluding hydrogens is 430 g/mol. The van der Waals surface area contributed by atoms with E-state index >= 15 is 0 Å². The maximum absolute atomic E-state index is 13.3. The van der Waals surface area contributed by atoms with Gasteiger partial charge in [-0.05, 0) is 91.9 Å². The number of anilines is 1. The van der Waals surface area contributed by atoms with E-state index < -0.39 is 17.7 Å². The van der Waals surface area contributed by atoms with Crippen molar-refractivity contribution in [1.82, 2.24) is 0 Å². The molecule has 3 aromatic rings. The summed E-state index contributed by atoms with van der Waals surface area (Å²) < 4.78 is 5.37. The number of aromatic hydroxyl groups is 1. The number of amides is 1. The summed E-state index contributed by atoms with van der Waals surface area (Å²) in [6.07, 6.45) is 0. The molecule has 3 aromatic carbocycles. The van der Waals surface area contributed by atoms with Gasteiger partial charge >= 0.3 is 0 Å². The lowest BCUT2D eigenvalue weighted by Gasteiger charge is -2.26. The van der Waals surface area contributed by atoms with E-state index in [2.05, 4.69) is 0 Å². The SMILES string of the molecule is COc1cc(C)c(/C(O)=C2\C(=O)C(=O)N(c3ccc(C)c(C)c3)C2c2ccc(O)cc2)cc1C. The highest BCUT2D eigenvalue weighted by atomic mass is 16.5. The first kappa shape index (κ1) is 23.1. The fourth-order valence-corrected chi connectivity index (χ4v) is 4.36. The Labute approximate surface area is 198 Å². The summed E-state index contributed by atoms with van der Waals surface area (Å²) in [5, 5.41) is 21.2. The van der Waals surface area contributed by atoms with Crippen molar-refractivity contribution in [3.63, 3.8) is 0 Å². The van der Waals surface area contributed by atoms with Crippen LogP contribution in [0.15, 0.2) is 60.2 Å². The Bertz CT molecular complexity index is 1340. The largest absolute Gasteiger partial charge is 0.508 e. The summed E-state index contributed by atoms with van der Waals surface area (Å²) in [6.45, 7) is 7.57. The summed E-state index contributed by atoms with van der Waals surface area (Å²) in [6, 6.07) is 14.5. The predicted molar refractivity (Wildman–Crippen MR) is 131 cm³/mol. The maximum atomic E-state index is 13.3. The number of aryl methyl sites for hydroxylation is 4. The average Bonchev–Trinajstić information content (AvgIpc) is 3.07. The zero-order chi connectivity index (χ0) is 24.7. The number of phenolic OH excluding ortho intramolecular Hbond substituents is 1. The first-order valence-corrected chi connectivity index (χ1v) is 11.0. The number of carbonyl (C=O) groups excluding carboxylic acids is 2. The Morgan fingerprint density at radius 1 is 0.853 bits per heavy atom. The van der Waals surface area contributed by atoms with Gasteiger partial charge < -0.3 is 14.9 Å². The summed E-state index contributed by atoms with van der Waals surface area (Å²) in [5.41, 5.74) is 5.16. The smallest absolute Gasteiger partial charge is 0.300 e. The highest BCUT2D eigenvalue weighted by Gasteiger charge is 2.47. The molecule has 6 nitrogen and oxygen atoms in total. The van der Waals surface area contributed by atoms with Crippen LogP contribution in [0.25, 0.3) is 5.76 Å². The Balaban J connectivity index is 1.98. The molecule has 1 saturated heterocycles. The molecule has 1 atom stereocenters. The molecule has 0 saturated carbocycles. The van der Waals surface area contributed by atoms with Crippen LogP contribution in [0.3, 0.4) is 0 Å². The van der Waals surface area contributed by atoms with Crippen LogP contribution >= 0.6 is 0 Å². The number of Topliss-reactive ketones (excluding diaryl/α,β-unsaturated/α-hetero) is 1. The van der Waals surface area contributed by atoms with Gasteiger partial charge in [0.25, 0.3) is 11.7 Å². The van der Waals surface area contributed by atoms with E-state index in [1.54, 1.807) is 37.4 Å². The predicted octanol–water partition coefficient (Wildman–Crippen LogP) is 5.26. The van der Waals surface area contributed by atoms with Crippen LogP contribution in [0.2, 0.25) is 0 Å². The molecule has 1 aliphatic heterocycles. The van der Waals surface area contributed by atoms with E-state index in [-0.39, 0.29) is 17.1 Å². The second kappa shape index (κ2) is 8.71. The second-order valence-electron chi connectivity index (χ2n) is 8.67. The van der Waals surface area contributed by atoms with Crippen molar-refractivity contribution < 1.29 is 24.5 Å². The van der Waals surface area contributed by atoms with Gasteiger partial charge in [-0.25, -0.2) is 0 Å². The van der Waals surface area contributed by atoms with Gasteiger partial charge in [0.2, 0.25) is 0 Å². The summed E-state index contributed by atoms with van der Waals surface area (Å²) in [4.78, 5) is 28.1. The number of aliphatic hydroxyl groups excluding tert-OH is 1. The third-order valence-electron chi connectivity index (χ3n) is 6.42. The molecule has 0 spiro atoms. The molecule has 1 unspecified atom stereocenters. The molecule has 34 heavy (non-hydrogen) atoms. The topological polar surface area (TPSA) is 87.1 Å². The molecule has 1 heterocycles. The van der Waals surface area contributed by atoms with E-state index in [0.29, 0.717) is 28.1 Å². The van der Waals surface area contributed by atoms with Crippen LogP contribution in [0.5, 0.6) is 11.5 Å². The lowest BCUT2D eigenvalue weighted by molar-refractivity contribution is -0.132. The number of nitrogens with zero attached hydrogens (tertiary/aromatic N) is 1. The van der Waals surface area contributed by atoms with Gasteiger partial charge in [0.1, 0.15) is 17.3 Å². The van der Waals surface area contributed by atoms with Crippen LogP contribution in [-0.2, 0) is 9.59 Å². The van der Waals surface area contributed by atoms with Crippen LogP contribution in [0.4, 0.5) is 5.69 Å². The first-order valence-electron chi connectivity index (χ1n) is 11.0. The third-order valence-corrected chi connectivity index (χ3v) is 6.42. The number of carbonyl (C=O) groups is 2.